The molecule has 0 unspecified atom stereocenters. The number of imidazole rings is 1. The maximum Gasteiger partial charge on any atom is 0.223 e. The average molecular weight is 458 g/mol. The van der Waals surface area contributed by atoms with E-state index in [0.717, 1.165) is 35.8 Å². The maximum absolute atomic E-state index is 14.7. The van der Waals surface area contributed by atoms with Crippen LogP contribution in [0, 0.1) is 17.7 Å². The highest BCUT2D eigenvalue weighted by atomic mass is 79.9. The minimum Gasteiger partial charge on any atom is -0.390 e. The van der Waals surface area contributed by atoms with Crippen molar-refractivity contribution < 1.29 is 9.50 Å². The number of nitrogens with zero attached hydrogens (tertiary/aromatic N) is 4. The zero-order valence-corrected chi connectivity index (χ0v) is 17.4. The first-order valence-corrected chi connectivity index (χ1v) is 10.9. The molecule has 6 nitrogen and oxygen atoms in total. The number of hydrogen-bond donors (Lipinski definition) is 2. The summed E-state index contributed by atoms with van der Waals surface area (Å²) in [4.78, 5) is 13.1. The second-order valence-corrected chi connectivity index (χ2v) is 10.1. The van der Waals surface area contributed by atoms with E-state index < -0.39 is 11.4 Å². The Balaban J connectivity index is 1.38. The molecule has 0 aromatic carbocycles. The van der Waals surface area contributed by atoms with Crippen molar-refractivity contribution in [3.63, 3.8) is 0 Å². The quantitative estimate of drug-likeness (QED) is 0.616. The molecule has 4 bridgehead atoms. The Hall–Kier alpha value is -2.06. The van der Waals surface area contributed by atoms with Crippen molar-refractivity contribution >= 4 is 27.5 Å². The first-order valence-electron chi connectivity index (χ1n) is 10.1. The van der Waals surface area contributed by atoms with E-state index in [1.54, 1.807) is 6.20 Å². The van der Waals surface area contributed by atoms with E-state index >= 15 is 0 Å². The first kappa shape index (κ1) is 17.8. The number of fused-ring (bicyclic) bond motifs is 1. The van der Waals surface area contributed by atoms with Gasteiger partial charge in [0.25, 0.3) is 0 Å². The molecule has 0 amide bonds. The highest BCUT2D eigenvalue weighted by Crippen LogP contribution is 2.58. The van der Waals surface area contributed by atoms with Gasteiger partial charge in [0, 0.05) is 16.2 Å². The number of hydrogen-bond acceptors (Lipinski definition) is 5. The predicted octanol–water partition coefficient (Wildman–Crippen LogP) is 4.19. The molecule has 4 saturated carbocycles. The lowest BCUT2D eigenvalue weighted by Gasteiger charge is -2.60. The number of nitrogens with one attached hydrogen (secondary N) is 1. The van der Waals surface area contributed by atoms with Crippen LogP contribution in [-0.2, 0) is 0 Å². The summed E-state index contributed by atoms with van der Waals surface area (Å²) in [7, 11) is 0. The van der Waals surface area contributed by atoms with Gasteiger partial charge < -0.3 is 10.4 Å². The Morgan fingerprint density at radius 2 is 1.93 bits per heavy atom. The number of halogens is 2. The molecule has 8 heteroatoms. The smallest absolute Gasteiger partial charge is 0.223 e. The lowest BCUT2D eigenvalue weighted by Crippen LogP contribution is -2.62. The van der Waals surface area contributed by atoms with Gasteiger partial charge in [-0.3, -0.25) is 4.40 Å². The zero-order valence-electron chi connectivity index (χ0n) is 15.8. The average Bonchev–Trinajstić information content (AvgIpc) is 3.04. The lowest BCUT2D eigenvalue weighted by atomic mass is 9.51. The molecule has 0 spiro atoms. The SMILES string of the molecule is O[C@@]12C[C@H]3C[C@@H](C1)C[C@](Nc1ncc(F)c(-c4cnc5ccc(Br)cn45)n1)(C3)C2. The minimum absolute atomic E-state index is 0.198. The van der Waals surface area contributed by atoms with Crippen LogP contribution >= 0.6 is 15.9 Å². The fraction of sp³-hybridized carbons (Fsp3) is 0.476. The fourth-order valence-corrected chi connectivity index (χ4v) is 6.67. The number of aromatic nitrogens is 4. The molecule has 0 aliphatic heterocycles. The molecule has 4 atom stereocenters. The summed E-state index contributed by atoms with van der Waals surface area (Å²) in [5, 5.41) is 14.5. The van der Waals surface area contributed by atoms with Crippen molar-refractivity contribution in [2.75, 3.05) is 5.32 Å². The zero-order chi connectivity index (χ0) is 19.8. The molecule has 0 saturated heterocycles. The third-order valence-corrected chi connectivity index (χ3v) is 7.33. The van der Waals surface area contributed by atoms with Gasteiger partial charge >= 0.3 is 0 Å². The van der Waals surface area contributed by atoms with Crippen LogP contribution in [0.2, 0.25) is 0 Å². The number of anilines is 1. The lowest BCUT2D eigenvalue weighted by molar-refractivity contribution is -0.127. The standard InChI is InChI=1S/C21H21BrFN5O/c22-14-1-2-17-24-9-16(28(17)10-14)18-15(23)8-25-19(26-18)27-20-4-12-3-13(5-20)7-21(29,6-12)11-20/h1-2,8-10,12-13,29H,3-7,11H2,(H,25,26,27)/t12-,13+,20+,21-. The first-order chi connectivity index (χ1) is 13.9. The molecule has 4 aliphatic rings. The van der Waals surface area contributed by atoms with Crippen molar-refractivity contribution in [2.24, 2.45) is 11.8 Å². The van der Waals surface area contributed by atoms with Gasteiger partial charge in [0.05, 0.1) is 23.7 Å². The van der Waals surface area contributed by atoms with Crippen molar-refractivity contribution in [2.45, 2.75) is 49.7 Å². The van der Waals surface area contributed by atoms with Gasteiger partial charge in [-0.15, -0.1) is 0 Å². The maximum atomic E-state index is 14.7. The molecule has 3 heterocycles. The highest BCUT2D eigenvalue weighted by molar-refractivity contribution is 9.10. The molecule has 0 radical (unpaired) electrons. The number of pyridine rings is 1. The summed E-state index contributed by atoms with van der Waals surface area (Å²) < 4.78 is 17.4. The van der Waals surface area contributed by atoms with Gasteiger partial charge in [-0.05, 0) is 78.4 Å². The molecule has 4 fully saturated rings. The van der Waals surface area contributed by atoms with E-state index in [1.165, 1.54) is 12.6 Å². The Labute approximate surface area is 175 Å². The monoisotopic (exact) mass is 457 g/mol. The van der Waals surface area contributed by atoms with E-state index in [-0.39, 0.29) is 11.2 Å². The van der Waals surface area contributed by atoms with E-state index in [0.29, 0.717) is 29.9 Å². The summed E-state index contributed by atoms with van der Waals surface area (Å²) in [5.74, 6) is 1.02. The normalized spacial score (nSPS) is 32.8. The Morgan fingerprint density at radius 1 is 1.14 bits per heavy atom. The third kappa shape index (κ3) is 2.87. The van der Waals surface area contributed by atoms with Crippen LogP contribution in [0.15, 0.2) is 35.2 Å². The summed E-state index contributed by atoms with van der Waals surface area (Å²) in [6, 6.07) is 3.76. The molecule has 7 rings (SSSR count). The number of aliphatic hydroxyl groups is 1. The van der Waals surface area contributed by atoms with Crippen molar-refractivity contribution in [3.8, 4) is 11.4 Å². The largest absolute Gasteiger partial charge is 0.390 e. The summed E-state index contributed by atoms with van der Waals surface area (Å²) in [5.41, 5.74) is 0.744. The van der Waals surface area contributed by atoms with Crippen molar-refractivity contribution in [1.82, 2.24) is 19.4 Å². The fourth-order valence-electron chi connectivity index (χ4n) is 6.33. The summed E-state index contributed by atoms with van der Waals surface area (Å²) >= 11 is 3.45. The minimum atomic E-state index is -0.576. The van der Waals surface area contributed by atoms with Crippen molar-refractivity contribution in [1.29, 1.82) is 0 Å². The van der Waals surface area contributed by atoms with Gasteiger partial charge in [-0.25, -0.2) is 19.3 Å². The summed E-state index contributed by atoms with van der Waals surface area (Å²) in [6.07, 6.45) is 10.5. The van der Waals surface area contributed by atoms with Gasteiger partial charge in [0.15, 0.2) is 5.82 Å². The van der Waals surface area contributed by atoms with Crippen LogP contribution in [0.1, 0.15) is 38.5 Å². The van der Waals surface area contributed by atoms with Crippen molar-refractivity contribution in [3.05, 3.63) is 41.0 Å². The van der Waals surface area contributed by atoms with E-state index in [4.69, 9.17) is 0 Å². The summed E-state index contributed by atoms with van der Waals surface area (Å²) in [6.45, 7) is 0. The molecule has 29 heavy (non-hydrogen) atoms. The molecule has 2 N–H and O–H groups in total. The van der Waals surface area contributed by atoms with Crippen LogP contribution < -0.4 is 5.32 Å². The van der Waals surface area contributed by atoms with Gasteiger partial charge in [-0.2, -0.15) is 0 Å². The van der Waals surface area contributed by atoms with Crippen LogP contribution in [0.4, 0.5) is 10.3 Å². The van der Waals surface area contributed by atoms with Gasteiger partial charge in [-0.1, -0.05) is 0 Å². The topological polar surface area (TPSA) is 75.3 Å². The van der Waals surface area contributed by atoms with Crippen LogP contribution in [0.3, 0.4) is 0 Å². The molecule has 3 aromatic heterocycles. The van der Waals surface area contributed by atoms with Crippen LogP contribution in [0.25, 0.3) is 17.0 Å². The predicted molar refractivity (Wildman–Crippen MR) is 110 cm³/mol. The van der Waals surface area contributed by atoms with Crippen LogP contribution in [0.5, 0.6) is 0 Å². The van der Waals surface area contributed by atoms with E-state index in [9.17, 15) is 9.50 Å². The number of rotatable bonds is 3. The van der Waals surface area contributed by atoms with Gasteiger partial charge in [0.1, 0.15) is 11.3 Å². The van der Waals surface area contributed by atoms with E-state index in [2.05, 4.69) is 36.2 Å². The molecule has 150 valence electrons. The third-order valence-electron chi connectivity index (χ3n) is 6.86. The Bertz CT molecular complexity index is 1120. The van der Waals surface area contributed by atoms with Gasteiger partial charge in [0.2, 0.25) is 5.95 Å². The highest BCUT2D eigenvalue weighted by Gasteiger charge is 2.57. The van der Waals surface area contributed by atoms with Crippen LogP contribution in [-0.4, -0.2) is 35.6 Å². The van der Waals surface area contributed by atoms with E-state index in [1.807, 2.05) is 22.7 Å². The second kappa shape index (κ2) is 5.98. The Morgan fingerprint density at radius 3 is 2.69 bits per heavy atom. The Kier molecular flexibility index (Phi) is 3.66. The molecular weight excluding hydrogens is 437 g/mol. The molecule has 4 aliphatic carbocycles. The molecular formula is C21H21BrFN5O. The molecule has 3 aromatic rings. The second-order valence-electron chi connectivity index (χ2n) is 9.20.